The Morgan fingerprint density at radius 1 is 1.53 bits per heavy atom. The lowest BCUT2D eigenvalue weighted by atomic mass is 10.2. The number of amides is 1. The second-order valence-electron chi connectivity index (χ2n) is 3.92. The fourth-order valence-electron chi connectivity index (χ4n) is 1.29. The van der Waals surface area contributed by atoms with Gasteiger partial charge in [-0.1, -0.05) is 28.1 Å². The Labute approximate surface area is 117 Å². The van der Waals surface area contributed by atoms with E-state index >= 15 is 0 Å². The van der Waals surface area contributed by atoms with Gasteiger partial charge in [-0.3, -0.25) is 4.79 Å². The first-order chi connectivity index (χ1) is 7.58. The number of hydrogen-bond donors (Lipinski definition) is 2. The highest BCUT2D eigenvalue weighted by atomic mass is 79.9. The zero-order valence-electron chi connectivity index (χ0n) is 9.78. The number of hydrogen-bond acceptors (Lipinski definition) is 2. The summed E-state index contributed by atoms with van der Waals surface area (Å²) in [5, 5.41) is 2.87. The van der Waals surface area contributed by atoms with Crippen molar-refractivity contribution in [3.63, 3.8) is 0 Å². The quantitative estimate of drug-likeness (QED) is 0.876. The summed E-state index contributed by atoms with van der Waals surface area (Å²) in [6, 6.07) is 7.97. The Kier molecular flexibility index (Phi) is 8.21. The molecule has 0 saturated heterocycles. The number of nitrogens with one attached hydrogen (secondary N) is 1. The van der Waals surface area contributed by atoms with Crippen molar-refractivity contribution in [2.24, 2.45) is 5.73 Å². The van der Waals surface area contributed by atoms with Gasteiger partial charge in [0.25, 0.3) is 0 Å². The summed E-state index contributed by atoms with van der Waals surface area (Å²) < 4.78 is 1.02. The van der Waals surface area contributed by atoms with Crippen molar-refractivity contribution in [1.82, 2.24) is 5.32 Å². The molecule has 0 bridgehead atoms. The third-order valence-electron chi connectivity index (χ3n) is 2.21. The minimum atomic E-state index is 0. The van der Waals surface area contributed by atoms with Gasteiger partial charge in [0.05, 0.1) is 0 Å². The van der Waals surface area contributed by atoms with E-state index in [1.165, 1.54) is 0 Å². The van der Waals surface area contributed by atoms with Crippen LogP contribution in [0.2, 0.25) is 0 Å². The molecule has 1 rings (SSSR count). The first-order valence-corrected chi connectivity index (χ1v) is 6.14. The molecular weight excluding hydrogens is 304 g/mol. The molecule has 1 atom stereocenters. The van der Waals surface area contributed by atoms with Gasteiger partial charge >= 0.3 is 0 Å². The van der Waals surface area contributed by atoms with Crippen molar-refractivity contribution in [2.75, 3.05) is 0 Å². The Morgan fingerprint density at radius 2 is 2.24 bits per heavy atom. The smallest absolute Gasteiger partial charge is 0.220 e. The van der Waals surface area contributed by atoms with Crippen molar-refractivity contribution in [3.05, 3.63) is 34.3 Å². The van der Waals surface area contributed by atoms with Crippen LogP contribution in [0.5, 0.6) is 0 Å². The Balaban J connectivity index is 0.00000256. The monoisotopic (exact) mass is 320 g/mol. The molecule has 1 aromatic carbocycles. The van der Waals surface area contributed by atoms with Gasteiger partial charge in [-0.15, -0.1) is 12.4 Å². The molecular formula is C12H18BrClN2O. The molecule has 3 nitrogen and oxygen atoms in total. The van der Waals surface area contributed by atoms with E-state index in [1.54, 1.807) is 0 Å². The van der Waals surface area contributed by atoms with E-state index in [4.69, 9.17) is 5.73 Å². The highest BCUT2D eigenvalue weighted by Crippen LogP contribution is 2.11. The number of benzene rings is 1. The number of halogens is 2. The number of rotatable bonds is 5. The number of carbonyl (C=O) groups is 1. The van der Waals surface area contributed by atoms with Crippen LogP contribution in [0.4, 0.5) is 0 Å². The zero-order valence-corrected chi connectivity index (χ0v) is 12.2. The second kappa shape index (κ2) is 8.50. The molecule has 0 aliphatic heterocycles. The van der Waals surface area contributed by atoms with E-state index < -0.39 is 0 Å². The Morgan fingerprint density at radius 3 is 2.82 bits per heavy atom. The van der Waals surface area contributed by atoms with Gasteiger partial charge in [0, 0.05) is 23.5 Å². The van der Waals surface area contributed by atoms with Crippen molar-refractivity contribution >= 4 is 34.2 Å². The topological polar surface area (TPSA) is 55.1 Å². The molecule has 5 heteroatoms. The molecule has 0 spiro atoms. The van der Waals surface area contributed by atoms with Gasteiger partial charge in [-0.25, -0.2) is 0 Å². The third kappa shape index (κ3) is 7.36. The first-order valence-electron chi connectivity index (χ1n) is 5.34. The molecule has 0 aliphatic rings. The van der Waals surface area contributed by atoms with E-state index in [0.29, 0.717) is 13.0 Å². The van der Waals surface area contributed by atoms with Gasteiger partial charge in [-0.05, 0) is 31.0 Å². The van der Waals surface area contributed by atoms with Crippen LogP contribution in [0.15, 0.2) is 28.7 Å². The summed E-state index contributed by atoms with van der Waals surface area (Å²) in [4.78, 5) is 11.4. The van der Waals surface area contributed by atoms with Crippen molar-refractivity contribution in [1.29, 1.82) is 0 Å². The van der Waals surface area contributed by atoms with Crippen molar-refractivity contribution < 1.29 is 4.79 Å². The molecule has 1 unspecified atom stereocenters. The molecule has 0 saturated carbocycles. The summed E-state index contributed by atoms with van der Waals surface area (Å²) in [6.07, 6.45) is 1.22. The highest BCUT2D eigenvalue weighted by Gasteiger charge is 2.03. The average molecular weight is 322 g/mol. The van der Waals surface area contributed by atoms with Crippen LogP contribution < -0.4 is 11.1 Å². The normalized spacial score (nSPS) is 11.5. The molecule has 17 heavy (non-hydrogen) atoms. The predicted octanol–water partition coefficient (Wildman–Crippen LogP) is 2.61. The summed E-state index contributed by atoms with van der Waals surface area (Å²) in [5.41, 5.74) is 6.67. The van der Waals surface area contributed by atoms with Gasteiger partial charge in [0.1, 0.15) is 0 Å². The SMILES string of the molecule is CC(N)CCC(=O)NCc1cccc(Br)c1.Cl. The molecule has 0 fully saturated rings. The molecule has 0 aromatic heterocycles. The molecule has 0 heterocycles. The van der Waals surface area contributed by atoms with Crippen LogP contribution in [-0.2, 0) is 11.3 Å². The lowest BCUT2D eigenvalue weighted by molar-refractivity contribution is -0.121. The summed E-state index contributed by atoms with van der Waals surface area (Å²) in [5.74, 6) is 0.0530. The van der Waals surface area contributed by atoms with E-state index in [-0.39, 0.29) is 24.4 Å². The minimum absolute atomic E-state index is 0. The maximum absolute atomic E-state index is 11.4. The minimum Gasteiger partial charge on any atom is -0.352 e. The third-order valence-corrected chi connectivity index (χ3v) is 2.70. The van der Waals surface area contributed by atoms with Gasteiger partial charge in [-0.2, -0.15) is 0 Å². The summed E-state index contributed by atoms with van der Waals surface area (Å²) >= 11 is 3.39. The van der Waals surface area contributed by atoms with E-state index in [2.05, 4.69) is 21.2 Å². The van der Waals surface area contributed by atoms with Gasteiger partial charge < -0.3 is 11.1 Å². The van der Waals surface area contributed by atoms with Gasteiger partial charge in [0.15, 0.2) is 0 Å². The fourth-order valence-corrected chi connectivity index (χ4v) is 1.74. The number of nitrogens with two attached hydrogens (primary N) is 1. The van der Waals surface area contributed by atoms with Crippen LogP contribution in [0, 0.1) is 0 Å². The molecule has 1 aromatic rings. The average Bonchev–Trinajstić information content (AvgIpc) is 2.23. The lowest BCUT2D eigenvalue weighted by Gasteiger charge is -2.07. The summed E-state index contributed by atoms with van der Waals surface area (Å²) in [7, 11) is 0. The maximum Gasteiger partial charge on any atom is 0.220 e. The second-order valence-corrected chi connectivity index (χ2v) is 4.84. The first kappa shape index (κ1) is 16.4. The molecule has 96 valence electrons. The maximum atomic E-state index is 11.4. The molecule has 0 radical (unpaired) electrons. The van der Waals surface area contributed by atoms with E-state index in [9.17, 15) is 4.79 Å². The van der Waals surface area contributed by atoms with Crippen molar-refractivity contribution in [2.45, 2.75) is 32.4 Å². The molecule has 0 aliphatic carbocycles. The van der Waals surface area contributed by atoms with Crippen LogP contribution in [0.3, 0.4) is 0 Å². The lowest BCUT2D eigenvalue weighted by Crippen LogP contribution is -2.25. The molecule has 3 N–H and O–H groups in total. The van der Waals surface area contributed by atoms with Crippen molar-refractivity contribution in [3.8, 4) is 0 Å². The largest absolute Gasteiger partial charge is 0.352 e. The van der Waals surface area contributed by atoms with Crippen LogP contribution in [0.1, 0.15) is 25.3 Å². The zero-order chi connectivity index (χ0) is 12.0. The van der Waals surface area contributed by atoms with E-state index in [0.717, 1.165) is 16.5 Å². The Hall–Kier alpha value is -0.580. The van der Waals surface area contributed by atoms with Crippen LogP contribution in [-0.4, -0.2) is 11.9 Å². The standard InChI is InChI=1S/C12H17BrN2O.ClH/c1-9(14)5-6-12(16)15-8-10-3-2-4-11(13)7-10;/h2-4,7,9H,5-6,8,14H2,1H3,(H,15,16);1H. The van der Waals surface area contributed by atoms with E-state index in [1.807, 2.05) is 31.2 Å². The summed E-state index contributed by atoms with van der Waals surface area (Å²) in [6.45, 7) is 2.47. The Bertz CT molecular complexity index is 358. The van der Waals surface area contributed by atoms with Gasteiger partial charge in [0.2, 0.25) is 5.91 Å². The highest BCUT2D eigenvalue weighted by molar-refractivity contribution is 9.10. The fraction of sp³-hybridized carbons (Fsp3) is 0.417. The van der Waals surface area contributed by atoms with Crippen LogP contribution in [0.25, 0.3) is 0 Å². The van der Waals surface area contributed by atoms with Crippen LogP contribution >= 0.6 is 28.3 Å². The predicted molar refractivity (Wildman–Crippen MR) is 76.1 cm³/mol. The number of carbonyl (C=O) groups excluding carboxylic acids is 1. The molecule has 1 amide bonds.